The first-order valence-corrected chi connectivity index (χ1v) is 28.9. The quantitative estimate of drug-likeness (QED) is 0.0671. The van der Waals surface area contributed by atoms with Crippen LogP contribution in [0, 0.1) is 0 Å². The summed E-state index contributed by atoms with van der Waals surface area (Å²) in [6.07, 6.45) is 0. The van der Waals surface area contributed by atoms with E-state index in [2.05, 4.69) is 243 Å². The SMILES string of the molecule is c1ccc(C([PH][Ni]([PH]C(c2ccccc2)c2ccccc2)([PH]C(c2ccccc2)c2ccccc2)[PH]C(c2ccccc2)c2ccccc2)c2ccccc2)cc1. The van der Waals surface area contributed by atoms with E-state index in [4.69, 9.17) is 0 Å². The Balaban J connectivity index is 1.40. The van der Waals surface area contributed by atoms with Crippen molar-refractivity contribution < 1.29 is 10.7 Å². The Labute approximate surface area is 347 Å². The molecule has 0 bridgehead atoms. The van der Waals surface area contributed by atoms with Crippen molar-refractivity contribution >= 4 is 29.4 Å². The molecule has 57 heavy (non-hydrogen) atoms. The Bertz CT molecular complexity index is 1850. The number of hydrogen-bond acceptors (Lipinski definition) is 0. The van der Waals surface area contributed by atoms with Crippen LogP contribution in [0.2, 0.25) is 0 Å². The molecule has 0 fully saturated rings. The summed E-state index contributed by atoms with van der Waals surface area (Å²) in [5.74, 6) is 0. The Kier molecular flexibility index (Phi) is 14.0. The molecule has 8 aromatic rings. The maximum atomic E-state index is 2.38. The molecule has 0 saturated heterocycles. The normalized spacial score (nSPS) is 14.0. The van der Waals surface area contributed by atoms with E-state index in [0.717, 1.165) is 29.4 Å². The molecule has 4 atom stereocenters. The number of rotatable bonds is 16. The van der Waals surface area contributed by atoms with Gasteiger partial charge in [-0.25, -0.2) is 0 Å². The van der Waals surface area contributed by atoms with Crippen molar-refractivity contribution in [3.05, 3.63) is 287 Å². The van der Waals surface area contributed by atoms with Crippen LogP contribution in [-0.2, 0) is 10.7 Å². The minimum absolute atomic E-state index is 0.284. The molecule has 4 unspecified atom stereocenters. The summed E-state index contributed by atoms with van der Waals surface area (Å²) < 4.78 is 0. The molecule has 5 heteroatoms. The predicted octanol–water partition coefficient (Wildman–Crippen LogP) is 15.7. The summed E-state index contributed by atoms with van der Waals surface area (Å²) in [7, 11) is 1.23. The fourth-order valence-corrected chi connectivity index (χ4v) is 38.9. The zero-order valence-corrected chi connectivity index (χ0v) is 36.7. The van der Waals surface area contributed by atoms with E-state index in [1.54, 1.807) is 0 Å². The van der Waals surface area contributed by atoms with Gasteiger partial charge in [0.05, 0.1) is 0 Å². The topological polar surface area (TPSA) is 0 Å². The molecular weight excluding hydrogens is 807 g/mol. The molecule has 0 saturated carbocycles. The van der Waals surface area contributed by atoms with Crippen molar-refractivity contribution in [2.45, 2.75) is 22.6 Å². The fourth-order valence-electron chi connectivity index (χ4n) is 7.06. The van der Waals surface area contributed by atoms with Crippen LogP contribution in [0.25, 0.3) is 0 Å². The Morgan fingerprint density at radius 2 is 0.316 bits per heavy atom. The molecule has 0 aliphatic heterocycles. The van der Waals surface area contributed by atoms with Gasteiger partial charge in [0.15, 0.2) is 0 Å². The third-order valence-corrected chi connectivity index (χ3v) is 36.6. The first-order valence-electron chi connectivity index (χ1n) is 19.4. The van der Waals surface area contributed by atoms with Gasteiger partial charge in [-0.15, -0.1) is 0 Å². The molecule has 0 aliphatic carbocycles. The zero-order valence-electron chi connectivity index (χ0n) is 31.7. The molecule has 8 aromatic carbocycles. The second-order valence-electron chi connectivity index (χ2n) is 13.9. The Morgan fingerprint density at radius 1 is 0.193 bits per heavy atom. The summed E-state index contributed by atoms with van der Waals surface area (Å²) >= 11 is 0. The van der Waals surface area contributed by atoms with Crippen LogP contribution in [0.3, 0.4) is 0 Å². The maximum absolute atomic E-state index is 2.38. The van der Waals surface area contributed by atoms with E-state index in [-0.39, 0.29) is 22.6 Å². The van der Waals surface area contributed by atoms with E-state index in [0.29, 0.717) is 0 Å². The van der Waals surface area contributed by atoms with Gasteiger partial charge in [-0.3, -0.25) is 0 Å². The summed E-state index contributed by atoms with van der Waals surface area (Å²) in [4.78, 5) is 0. The first kappa shape index (κ1) is 39.8. The molecule has 0 heterocycles. The minimum atomic E-state index is -1.64. The molecule has 0 radical (unpaired) electrons. The molecule has 0 aromatic heterocycles. The zero-order chi connectivity index (χ0) is 38.5. The average molecular weight is 856 g/mol. The van der Waals surface area contributed by atoms with E-state index >= 15 is 0 Å². The van der Waals surface area contributed by atoms with Crippen LogP contribution in [0.5, 0.6) is 0 Å². The fraction of sp³-hybridized carbons (Fsp3) is 0.0769. The number of hydrogen-bond donors (Lipinski definition) is 0. The third-order valence-electron chi connectivity index (χ3n) is 9.98. The third kappa shape index (κ3) is 10.4. The van der Waals surface area contributed by atoms with Gasteiger partial charge in [-0.05, 0) is 0 Å². The second kappa shape index (κ2) is 20.1. The summed E-state index contributed by atoms with van der Waals surface area (Å²) in [6, 6.07) is 91.4. The van der Waals surface area contributed by atoms with Crippen LogP contribution in [0.15, 0.2) is 243 Å². The van der Waals surface area contributed by atoms with E-state index < -0.39 is 10.7 Å². The van der Waals surface area contributed by atoms with Crippen molar-refractivity contribution in [3.8, 4) is 0 Å². The standard InChI is InChI=1S/4C13H12P.Ni/c4*14-13(11-7-3-1-4-8-11)12-9-5-2-6-10-12;/h4*1-10,13-14H;/q4*-1;+4. The van der Waals surface area contributed by atoms with Crippen molar-refractivity contribution in [3.63, 3.8) is 0 Å². The van der Waals surface area contributed by atoms with Gasteiger partial charge in [-0.1, -0.05) is 0 Å². The first-order chi connectivity index (χ1) is 28.2. The van der Waals surface area contributed by atoms with E-state index in [9.17, 15) is 0 Å². The Morgan fingerprint density at radius 3 is 0.439 bits per heavy atom. The van der Waals surface area contributed by atoms with Gasteiger partial charge in [-0.2, -0.15) is 0 Å². The van der Waals surface area contributed by atoms with Crippen molar-refractivity contribution in [2.24, 2.45) is 0 Å². The molecule has 0 N–H and O–H groups in total. The molecule has 0 amide bonds. The summed E-state index contributed by atoms with van der Waals surface area (Å²) in [5, 5.41) is 0. The summed E-state index contributed by atoms with van der Waals surface area (Å²) in [6.45, 7) is 0. The molecule has 0 aliphatic rings. The van der Waals surface area contributed by atoms with Crippen LogP contribution < -0.4 is 0 Å². The number of benzene rings is 8. The molecule has 286 valence electrons. The average Bonchev–Trinajstić information content (AvgIpc) is 3.31. The monoisotopic (exact) mass is 854 g/mol. The molecule has 0 nitrogen and oxygen atoms in total. The van der Waals surface area contributed by atoms with Crippen molar-refractivity contribution in [1.29, 1.82) is 0 Å². The Hall–Kier alpha value is -4.03. The van der Waals surface area contributed by atoms with Crippen LogP contribution >= 0.6 is 29.4 Å². The van der Waals surface area contributed by atoms with Crippen molar-refractivity contribution in [1.82, 2.24) is 0 Å². The predicted molar refractivity (Wildman–Crippen MR) is 252 cm³/mol. The molecule has 8 rings (SSSR count). The van der Waals surface area contributed by atoms with Gasteiger partial charge >= 0.3 is 350 Å². The molecule has 0 spiro atoms. The van der Waals surface area contributed by atoms with Gasteiger partial charge in [0.1, 0.15) is 0 Å². The van der Waals surface area contributed by atoms with Crippen LogP contribution in [0.1, 0.15) is 67.1 Å². The van der Waals surface area contributed by atoms with Gasteiger partial charge < -0.3 is 0 Å². The van der Waals surface area contributed by atoms with E-state index in [1.807, 2.05) is 0 Å². The molecular formula is C52H48NiP4. The van der Waals surface area contributed by atoms with Gasteiger partial charge in [0.2, 0.25) is 0 Å². The van der Waals surface area contributed by atoms with Crippen LogP contribution in [-0.4, -0.2) is 0 Å². The van der Waals surface area contributed by atoms with E-state index in [1.165, 1.54) is 44.5 Å². The van der Waals surface area contributed by atoms with Gasteiger partial charge in [0.25, 0.3) is 0 Å². The van der Waals surface area contributed by atoms with Crippen molar-refractivity contribution in [2.75, 3.05) is 0 Å². The second-order valence-corrected chi connectivity index (χ2v) is 37.4. The van der Waals surface area contributed by atoms with Gasteiger partial charge in [0, 0.05) is 0 Å². The summed E-state index contributed by atoms with van der Waals surface area (Å²) in [5.41, 5.74) is 12.5. The van der Waals surface area contributed by atoms with Crippen LogP contribution in [0.4, 0.5) is 0 Å².